The van der Waals surface area contributed by atoms with E-state index in [1.165, 1.54) is 0 Å². The quantitative estimate of drug-likeness (QED) is 0.0571. The number of hydrogen-bond acceptors (Lipinski definition) is 36. The molecule has 0 bridgehead atoms. The van der Waals surface area contributed by atoms with Crippen molar-refractivity contribution in [2.24, 2.45) is 40.1 Å². The van der Waals surface area contributed by atoms with E-state index in [0.717, 1.165) is 0 Å². The van der Waals surface area contributed by atoms with E-state index in [9.17, 15) is 81.7 Å². The van der Waals surface area contributed by atoms with Gasteiger partial charge in [0.25, 0.3) is 0 Å². The summed E-state index contributed by atoms with van der Waals surface area (Å²) in [7, 11) is 0. The molecule has 0 saturated carbocycles. The van der Waals surface area contributed by atoms with Gasteiger partial charge in [0.1, 0.15) is 128 Å². The van der Waals surface area contributed by atoms with E-state index in [1.54, 1.807) is 0 Å². The second-order valence-corrected chi connectivity index (χ2v) is 20.2. The fourth-order valence-electron chi connectivity index (χ4n) is 10.3. The smallest absolute Gasteiger partial charge is 0.176 e. The first kappa shape index (κ1) is 64.1. The number of ether oxygens (including phenoxy) is 13. The van der Waals surface area contributed by atoms with Gasteiger partial charge in [-0.15, -0.1) is 0 Å². The van der Waals surface area contributed by atoms with Gasteiger partial charge in [-0.3, -0.25) is 0 Å². The van der Waals surface area contributed by atoms with E-state index in [-0.39, 0.29) is 0 Å². The zero-order valence-corrected chi connectivity index (χ0v) is 41.7. The summed E-state index contributed by atoms with van der Waals surface area (Å²) < 4.78 is 75.1. The minimum Gasteiger partial charge on any atom is -0.394 e. The van der Waals surface area contributed by atoms with E-state index in [1.807, 2.05) is 0 Å². The molecule has 0 radical (unpaired) electrons. The number of nitrogens with two attached hydrogens (primary N) is 7. The predicted molar refractivity (Wildman–Crippen MR) is 246 cm³/mol. The van der Waals surface area contributed by atoms with Crippen LogP contribution in [0.5, 0.6) is 0 Å². The Hall–Kier alpha value is -1.44. The lowest BCUT2D eigenvalue weighted by atomic mass is 9.93. The summed E-state index contributed by atoms with van der Waals surface area (Å²) in [4.78, 5) is 0. The molecule has 7 aliphatic heterocycles. The maximum absolute atomic E-state index is 11.5. The minimum atomic E-state index is -1.83. The highest BCUT2D eigenvalue weighted by Gasteiger charge is 2.57. The average Bonchev–Trinajstić information content (AvgIpc) is 3.45. The van der Waals surface area contributed by atoms with Gasteiger partial charge in [-0.2, -0.15) is 0 Å². The largest absolute Gasteiger partial charge is 0.394 e. The zero-order chi connectivity index (χ0) is 57.3. The van der Waals surface area contributed by atoms with Crippen molar-refractivity contribution in [2.45, 2.75) is 215 Å². The van der Waals surface area contributed by atoms with E-state index in [0.29, 0.717) is 0 Å². The summed E-state index contributed by atoms with van der Waals surface area (Å²) in [5.74, 6) is 0. The Morgan fingerprint density at radius 2 is 0.410 bits per heavy atom. The van der Waals surface area contributed by atoms with Crippen molar-refractivity contribution >= 4 is 0 Å². The molecule has 36 heteroatoms. The molecule has 7 rings (SSSR count). The van der Waals surface area contributed by atoms with E-state index in [4.69, 9.17) is 102 Å². The molecule has 1 unspecified atom stereocenters. The van der Waals surface area contributed by atoms with Crippen LogP contribution in [0.4, 0.5) is 0 Å². The fraction of sp³-hybridized carbons (Fsp3) is 1.00. The first-order valence-corrected chi connectivity index (χ1v) is 25.2. The Morgan fingerprint density at radius 3 is 0.628 bits per heavy atom. The molecule has 78 heavy (non-hydrogen) atoms. The van der Waals surface area contributed by atoms with Crippen LogP contribution in [-0.2, 0) is 61.6 Å². The van der Waals surface area contributed by atoms with Gasteiger partial charge in [-0.25, -0.2) is 0 Å². The molecule has 7 heterocycles. The molecule has 7 fully saturated rings. The summed E-state index contributed by atoms with van der Waals surface area (Å²) in [5.41, 5.74) is 43.4. The summed E-state index contributed by atoms with van der Waals surface area (Å²) >= 11 is 0. The van der Waals surface area contributed by atoms with Crippen LogP contribution in [0.15, 0.2) is 0 Å². The van der Waals surface area contributed by atoms with Crippen molar-refractivity contribution in [3.8, 4) is 0 Å². The Balaban J connectivity index is 0.947. The molecule has 0 aromatic carbocycles. The molecule has 35 atom stereocenters. The van der Waals surface area contributed by atoms with Crippen LogP contribution in [0.25, 0.3) is 0 Å². The third kappa shape index (κ3) is 12.9. The van der Waals surface area contributed by atoms with Gasteiger partial charge in [-0.05, 0) is 0 Å². The Morgan fingerprint density at radius 1 is 0.231 bits per heavy atom. The van der Waals surface area contributed by atoms with Crippen LogP contribution < -0.4 is 40.1 Å². The maximum atomic E-state index is 11.5. The van der Waals surface area contributed by atoms with Gasteiger partial charge < -0.3 is 183 Å². The normalized spacial score (nSPS) is 53.5. The number of rotatable bonds is 19. The zero-order valence-electron chi connectivity index (χ0n) is 41.7. The van der Waals surface area contributed by atoms with Crippen molar-refractivity contribution in [1.82, 2.24) is 0 Å². The van der Waals surface area contributed by atoms with Gasteiger partial charge in [-0.1, -0.05) is 0 Å². The van der Waals surface area contributed by atoms with Gasteiger partial charge in [0.05, 0.1) is 88.5 Å². The Bertz CT molecular complexity index is 1830. The molecule has 456 valence electrons. The summed E-state index contributed by atoms with van der Waals surface area (Å²) in [5, 5.41) is 169. The van der Waals surface area contributed by atoms with Gasteiger partial charge >= 0.3 is 0 Å². The monoisotopic (exact) mass is 1150 g/mol. The lowest BCUT2D eigenvalue weighted by Crippen LogP contribution is -2.71. The standard InChI is InChI=1S/C42H79N7O29/c43-15-24(59)30(9(2-51)66-36(15)65)73-38-17(45)26(61)32(11(4-53)68-38)75-40-19(47)28(63)34(13(6-55)70-40)77-42-21(49)29(64)35(14(7-56)72-42)78-41-20(48)27(62)33(12(5-54)71-41)76-39-18(46)25(60)31(10(3-52)69-39)74-37-16(44)23(58)22(57)8(1-50)67-37/h8-42,50-65H,1-7,43-49H2/t8-,9+,10-,11+,12-,13+,14+,15-,16+,17-,18+,19-,20+,21-,22-,23+,24-,25+,26-,27+,28-,29-,30-,31-,32-,33-,34+,35+,36?,37+,38+,39+,40-,41+,42-/m0/s1. The number of aliphatic hydroxyl groups is 16. The molecule has 30 N–H and O–H groups in total. The first-order chi connectivity index (χ1) is 37.0. The number of aliphatic hydroxyl groups excluding tert-OH is 16. The van der Waals surface area contributed by atoms with Crippen molar-refractivity contribution in [3.63, 3.8) is 0 Å². The highest BCUT2D eigenvalue weighted by Crippen LogP contribution is 2.36. The molecule has 0 aliphatic carbocycles. The molecule has 7 aliphatic rings. The molecule has 36 nitrogen and oxygen atoms in total. The SMILES string of the molecule is N[C@@H]1[C@@H](O[C@@H]2[C@@H](O)[C@H](N)C(O)O[C@@H]2CO)O[C@H](CO)[C@H](O[C@@H]2O[C@H](CO)[C@@H](O[C@@H]3O[C@H](CO)[C@@H](O[C@H]4O[C@@H](CO)[C@H](O[C@H]5O[C@@H](CO)[C@H](O[C@H]6O[C@@H](CO)[C@H](O)[C@H](O)[C@H]6N)[C@H](O)[C@H]5N)[C@H](O)[C@H]4N)[C@@H](O)[C@@H]3N)[C@@H](O)[C@@H]2N)[C@H]1O. The van der Waals surface area contributed by atoms with Crippen LogP contribution in [0.3, 0.4) is 0 Å². The molecule has 0 aromatic rings. The second-order valence-electron chi connectivity index (χ2n) is 20.2. The highest BCUT2D eigenvalue weighted by molar-refractivity contribution is 5.03. The van der Waals surface area contributed by atoms with Gasteiger partial charge in [0, 0.05) is 0 Å². The lowest BCUT2D eigenvalue weighted by Gasteiger charge is -2.50. The predicted octanol–water partition coefficient (Wildman–Crippen LogP) is -16.5. The van der Waals surface area contributed by atoms with E-state index < -0.39 is 261 Å². The van der Waals surface area contributed by atoms with Crippen molar-refractivity contribution in [3.05, 3.63) is 0 Å². The maximum Gasteiger partial charge on any atom is 0.176 e. The van der Waals surface area contributed by atoms with E-state index in [2.05, 4.69) is 0 Å². The Labute approximate surface area is 443 Å². The van der Waals surface area contributed by atoms with Crippen LogP contribution >= 0.6 is 0 Å². The molecule has 7 saturated heterocycles. The van der Waals surface area contributed by atoms with E-state index >= 15 is 0 Å². The topological polar surface area (TPSA) is 626 Å². The van der Waals surface area contributed by atoms with Crippen LogP contribution in [0.1, 0.15) is 0 Å². The van der Waals surface area contributed by atoms with Gasteiger partial charge in [0.15, 0.2) is 44.0 Å². The third-order valence-corrected chi connectivity index (χ3v) is 15.1. The molecule has 0 amide bonds. The number of hydrogen-bond donors (Lipinski definition) is 23. The first-order valence-electron chi connectivity index (χ1n) is 25.2. The lowest BCUT2D eigenvalue weighted by molar-refractivity contribution is -0.369. The van der Waals surface area contributed by atoms with Crippen molar-refractivity contribution < 1.29 is 143 Å². The highest BCUT2D eigenvalue weighted by atomic mass is 16.8. The molecule has 0 spiro atoms. The van der Waals surface area contributed by atoms with Crippen LogP contribution in [0.2, 0.25) is 0 Å². The molecule has 0 aromatic heterocycles. The third-order valence-electron chi connectivity index (χ3n) is 15.1. The summed E-state index contributed by atoms with van der Waals surface area (Å²) in [6.45, 7) is -5.87. The Kier molecular flexibility index (Phi) is 22.6. The van der Waals surface area contributed by atoms with Crippen molar-refractivity contribution in [1.29, 1.82) is 0 Å². The van der Waals surface area contributed by atoms with Crippen LogP contribution in [0, 0.1) is 0 Å². The molecular weight excluding hydrogens is 1070 g/mol. The minimum absolute atomic E-state index is 0.740. The van der Waals surface area contributed by atoms with Crippen LogP contribution in [-0.4, -0.2) is 342 Å². The average molecular weight is 1150 g/mol. The summed E-state index contributed by atoms with van der Waals surface area (Å²) in [6, 6.07) is -10.6. The summed E-state index contributed by atoms with van der Waals surface area (Å²) in [6.07, 6.45) is -44.9. The fourth-order valence-corrected chi connectivity index (χ4v) is 10.3. The van der Waals surface area contributed by atoms with Gasteiger partial charge in [0.2, 0.25) is 0 Å². The van der Waals surface area contributed by atoms with Crippen molar-refractivity contribution in [2.75, 3.05) is 46.2 Å². The molecular formula is C42H79N7O29. The second kappa shape index (κ2) is 27.5.